The lowest BCUT2D eigenvalue weighted by molar-refractivity contribution is -0.127. The third kappa shape index (κ3) is 5.24. The number of carbonyl (C=O) groups is 1. The predicted octanol–water partition coefficient (Wildman–Crippen LogP) is 2.51. The summed E-state index contributed by atoms with van der Waals surface area (Å²) in [5.74, 6) is 0.205. The Hall–Kier alpha value is -1.65. The van der Waals surface area contributed by atoms with Gasteiger partial charge in [0.25, 0.3) is 15.9 Å². The number of rotatable bonds is 7. The highest BCUT2D eigenvalue weighted by Crippen LogP contribution is 2.25. The Morgan fingerprint density at radius 3 is 2.79 bits per heavy atom. The first-order chi connectivity index (χ1) is 13.4. The normalized spacial score (nSPS) is 16.5. The highest BCUT2D eigenvalue weighted by atomic mass is 35.5. The molecule has 1 amide bonds. The number of nitrogens with zero attached hydrogens (tertiary/aromatic N) is 1. The van der Waals surface area contributed by atoms with Gasteiger partial charge in [0.15, 0.2) is 6.10 Å². The van der Waals surface area contributed by atoms with Crippen LogP contribution in [0.2, 0.25) is 5.02 Å². The summed E-state index contributed by atoms with van der Waals surface area (Å²) in [6.07, 6.45) is -0.713. The van der Waals surface area contributed by atoms with Crippen LogP contribution in [0.4, 0.5) is 0 Å². The summed E-state index contributed by atoms with van der Waals surface area (Å²) in [7, 11) is -3.52. The van der Waals surface area contributed by atoms with Gasteiger partial charge >= 0.3 is 0 Å². The summed E-state index contributed by atoms with van der Waals surface area (Å²) in [6, 6.07) is 10.1. The van der Waals surface area contributed by atoms with Crippen LogP contribution in [0.5, 0.6) is 5.75 Å². The maximum atomic E-state index is 12.6. The van der Waals surface area contributed by atoms with Gasteiger partial charge in [0.05, 0.1) is 19.8 Å². The quantitative estimate of drug-likeness (QED) is 0.709. The minimum absolute atomic E-state index is 0.228. The summed E-state index contributed by atoms with van der Waals surface area (Å²) in [4.78, 5) is 13.0. The number of thiophene rings is 1. The average Bonchev–Trinajstić information content (AvgIpc) is 3.16. The third-order valence-electron chi connectivity index (χ3n) is 4.12. The predicted molar refractivity (Wildman–Crippen MR) is 107 cm³/mol. The van der Waals surface area contributed by atoms with Crippen LogP contribution in [-0.4, -0.2) is 51.0 Å². The first kappa shape index (κ1) is 21.1. The lowest BCUT2D eigenvalue weighted by Crippen LogP contribution is -2.40. The molecule has 2 aromatic rings. The summed E-state index contributed by atoms with van der Waals surface area (Å²) < 4.78 is 37.7. The van der Waals surface area contributed by atoms with Crippen molar-refractivity contribution in [1.82, 2.24) is 9.62 Å². The Labute approximate surface area is 173 Å². The molecule has 0 radical (unpaired) electrons. The summed E-state index contributed by atoms with van der Waals surface area (Å²) in [5, 5.41) is 3.29. The highest BCUT2D eigenvalue weighted by Gasteiger charge is 2.27. The molecule has 1 N–H and O–H groups in total. The SMILES string of the molecule is C[C@@H](Oc1cccc(Cl)c1)C(=O)NCc1ccc(S(=O)(=O)N2CCOCC2)s1. The molecule has 0 unspecified atom stereocenters. The second-order valence-corrected chi connectivity index (χ2v) is 9.94. The van der Waals surface area contributed by atoms with Gasteiger partial charge in [-0.2, -0.15) is 4.31 Å². The monoisotopic (exact) mass is 444 g/mol. The van der Waals surface area contributed by atoms with E-state index in [2.05, 4.69) is 5.32 Å². The molecule has 1 aromatic heterocycles. The Kier molecular flexibility index (Phi) is 6.95. The zero-order valence-corrected chi connectivity index (χ0v) is 17.6. The number of benzene rings is 1. The lowest BCUT2D eigenvalue weighted by Gasteiger charge is -2.25. The van der Waals surface area contributed by atoms with Gasteiger partial charge in [-0.3, -0.25) is 4.79 Å². The van der Waals surface area contributed by atoms with Crippen molar-refractivity contribution in [3.63, 3.8) is 0 Å². The van der Waals surface area contributed by atoms with E-state index in [1.54, 1.807) is 43.3 Å². The summed E-state index contributed by atoms with van der Waals surface area (Å²) in [6.45, 7) is 3.37. The fourth-order valence-electron chi connectivity index (χ4n) is 2.62. The fourth-order valence-corrected chi connectivity index (χ4v) is 5.66. The average molecular weight is 445 g/mol. The van der Waals surface area contributed by atoms with Crippen LogP contribution in [0.3, 0.4) is 0 Å². The molecule has 1 saturated heterocycles. The molecule has 3 rings (SSSR count). The number of hydrogen-bond acceptors (Lipinski definition) is 6. The van der Waals surface area contributed by atoms with E-state index in [0.717, 1.165) is 16.2 Å². The standard InChI is InChI=1S/C18H21ClN2O5S2/c1-13(26-15-4-2-3-14(19)11-15)18(22)20-12-16-5-6-17(27-16)28(23,24)21-7-9-25-10-8-21/h2-6,11,13H,7-10,12H2,1H3,(H,20,22)/t13-/m1/s1. The van der Waals surface area contributed by atoms with Crippen LogP contribution < -0.4 is 10.1 Å². The molecule has 10 heteroatoms. The van der Waals surface area contributed by atoms with Gasteiger partial charge < -0.3 is 14.8 Å². The van der Waals surface area contributed by atoms with Gasteiger partial charge in [-0.1, -0.05) is 17.7 Å². The zero-order chi connectivity index (χ0) is 20.1. The van der Waals surface area contributed by atoms with E-state index in [9.17, 15) is 13.2 Å². The van der Waals surface area contributed by atoms with Crippen molar-refractivity contribution in [2.75, 3.05) is 26.3 Å². The smallest absolute Gasteiger partial charge is 0.261 e. The van der Waals surface area contributed by atoms with E-state index >= 15 is 0 Å². The van der Waals surface area contributed by atoms with Gasteiger partial charge in [0.2, 0.25) is 0 Å². The number of nitrogens with one attached hydrogen (secondary N) is 1. The van der Waals surface area contributed by atoms with E-state index in [1.165, 1.54) is 4.31 Å². The van der Waals surface area contributed by atoms with Gasteiger partial charge in [0.1, 0.15) is 9.96 Å². The van der Waals surface area contributed by atoms with Crippen LogP contribution >= 0.6 is 22.9 Å². The number of hydrogen-bond donors (Lipinski definition) is 1. The number of ether oxygens (including phenoxy) is 2. The molecule has 152 valence electrons. The molecule has 1 aliphatic heterocycles. The van der Waals surface area contributed by atoms with Crippen molar-refractivity contribution in [2.45, 2.75) is 23.8 Å². The Bertz CT molecular complexity index is 926. The maximum absolute atomic E-state index is 12.6. The lowest BCUT2D eigenvalue weighted by atomic mass is 10.3. The van der Waals surface area contributed by atoms with Crippen LogP contribution in [0, 0.1) is 0 Å². The second kappa shape index (κ2) is 9.23. The van der Waals surface area contributed by atoms with E-state index in [-0.39, 0.29) is 16.7 Å². The van der Waals surface area contributed by atoms with Gasteiger partial charge in [0, 0.05) is 23.0 Å². The van der Waals surface area contributed by atoms with Gasteiger partial charge in [-0.15, -0.1) is 11.3 Å². The van der Waals surface area contributed by atoms with Crippen LogP contribution in [0.15, 0.2) is 40.6 Å². The van der Waals surface area contributed by atoms with Crippen molar-refractivity contribution >= 4 is 38.9 Å². The van der Waals surface area contributed by atoms with E-state index in [4.69, 9.17) is 21.1 Å². The van der Waals surface area contributed by atoms with Crippen LogP contribution in [-0.2, 0) is 26.1 Å². The number of carbonyl (C=O) groups excluding carboxylic acids is 1. The molecule has 1 aliphatic rings. The summed E-state index contributed by atoms with van der Waals surface area (Å²) in [5.41, 5.74) is 0. The van der Waals surface area contributed by atoms with Crippen LogP contribution in [0.25, 0.3) is 0 Å². The molecule has 2 heterocycles. The molecule has 0 bridgehead atoms. The largest absolute Gasteiger partial charge is 0.481 e. The highest BCUT2D eigenvalue weighted by molar-refractivity contribution is 7.91. The Morgan fingerprint density at radius 2 is 2.07 bits per heavy atom. The minimum Gasteiger partial charge on any atom is -0.481 e. The van der Waals surface area contributed by atoms with E-state index < -0.39 is 16.1 Å². The molecule has 0 spiro atoms. The summed E-state index contributed by atoms with van der Waals surface area (Å²) >= 11 is 7.06. The molecular formula is C18H21ClN2O5S2. The number of halogens is 1. The molecular weight excluding hydrogens is 424 g/mol. The molecule has 1 fully saturated rings. The number of sulfonamides is 1. The number of amides is 1. The second-order valence-electron chi connectivity index (χ2n) is 6.17. The van der Waals surface area contributed by atoms with Gasteiger partial charge in [-0.05, 0) is 37.3 Å². The van der Waals surface area contributed by atoms with Crippen molar-refractivity contribution < 1.29 is 22.7 Å². The van der Waals surface area contributed by atoms with E-state index in [0.29, 0.717) is 37.1 Å². The topological polar surface area (TPSA) is 84.9 Å². The molecule has 0 saturated carbocycles. The van der Waals surface area contributed by atoms with Crippen LogP contribution in [0.1, 0.15) is 11.8 Å². The number of morpholine rings is 1. The third-order valence-corrected chi connectivity index (χ3v) is 7.80. The zero-order valence-electron chi connectivity index (χ0n) is 15.3. The van der Waals surface area contributed by atoms with Crippen molar-refractivity contribution in [1.29, 1.82) is 0 Å². The first-order valence-corrected chi connectivity index (χ1v) is 11.4. The fraction of sp³-hybridized carbons (Fsp3) is 0.389. The molecule has 1 atom stereocenters. The molecule has 0 aliphatic carbocycles. The molecule has 28 heavy (non-hydrogen) atoms. The molecule has 1 aromatic carbocycles. The van der Waals surface area contributed by atoms with Gasteiger partial charge in [-0.25, -0.2) is 8.42 Å². The maximum Gasteiger partial charge on any atom is 0.261 e. The van der Waals surface area contributed by atoms with Crippen molar-refractivity contribution in [2.24, 2.45) is 0 Å². The van der Waals surface area contributed by atoms with E-state index in [1.807, 2.05) is 0 Å². The Morgan fingerprint density at radius 1 is 1.32 bits per heavy atom. The minimum atomic E-state index is -3.52. The molecule has 7 nitrogen and oxygen atoms in total. The first-order valence-electron chi connectivity index (χ1n) is 8.73. The van der Waals surface area contributed by atoms with Crippen molar-refractivity contribution in [3.8, 4) is 5.75 Å². The Balaban J connectivity index is 1.55. The van der Waals surface area contributed by atoms with Crippen molar-refractivity contribution in [3.05, 3.63) is 46.3 Å².